The summed E-state index contributed by atoms with van der Waals surface area (Å²) in [5, 5.41) is 4.65. The largest absolute Gasteiger partial charge is 0.336 e. The highest BCUT2D eigenvalue weighted by atomic mass is 35.5. The van der Waals surface area contributed by atoms with E-state index in [-0.39, 0.29) is 24.3 Å². The zero-order valence-corrected chi connectivity index (χ0v) is 17.1. The molecule has 4 rings (SSSR count). The lowest BCUT2D eigenvalue weighted by atomic mass is 9.92. The number of amides is 3. The Kier molecular flexibility index (Phi) is 4.82. The number of aryl methyl sites for hydroxylation is 1. The number of piperazine rings is 1. The van der Waals surface area contributed by atoms with Crippen LogP contribution in [0.25, 0.3) is 0 Å². The van der Waals surface area contributed by atoms with Crippen LogP contribution in [0.4, 0.5) is 5.69 Å². The molecule has 0 aliphatic carbocycles. The minimum atomic E-state index is -0.621. The summed E-state index contributed by atoms with van der Waals surface area (Å²) in [6.07, 6.45) is 4.01. The lowest BCUT2D eigenvalue weighted by Gasteiger charge is -2.47. The molecular weight excluding hydrogens is 394 g/mol. The number of hydrogen-bond donors (Lipinski definition) is 0. The van der Waals surface area contributed by atoms with Crippen molar-refractivity contribution in [2.75, 3.05) is 31.1 Å². The average molecular weight is 416 g/mol. The first kappa shape index (κ1) is 19.4. The van der Waals surface area contributed by atoms with Crippen molar-refractivity contribution in [2.24, 2.45) is 7.05 Å². The molecule has 9 heteroatoms. The first-order valence-electron chi connectivity index (χ1n) is 9.41. The second kappa shape index (κ2) is 7.18. The molecule has 152 valence electrons. The van der Waals surface area contributed by atoms with Gasteiger partial charge in [0.15, 0.2) is 0 Å². The molecular formula is C20H22ClN5O3. The molecule has 3 heterocycles. The topological polar surface area (TPSA) is 78.8 Å². The Labute approximate surface area is 173 Å². The first-order valence-corrected chi connectivity index (χ1v) is 9.79. The molecule has 1 aromatic heterocycles. The minimum Gasteiger partial charge on any atom is -0.336 e. The maximum absolute atomic E-state index is 13.0. The molecule has 2 aromatic rings. The quantitative estimate of drug-likeness (QED) is 0.745. The number of likely N-dealkylation sites (tertiary alicyclic amines) is 1. The highest BCUT2D eigenvalue weighted by Crippen LogP contribution is 2.35. The summed E-state index contributed by atoms with van der Waals surface area (Å²) < 4.78 is 1.64. The molecule has 0 saturated carbocycles. The van der Waals surface area contributed by atoms with E-state index in [1.54, 1.807) is 63.1 Å². The van der Waals surface area contributed by atoms with Crippen molar-refractivity contribution < 1.29 is 14.4 Å². The van der Waals surface area contributed by atoms with Crippen LogP contribution >= 0.6 is 11.6 Å². The molecule has 1 spiro atoms. The molecule has 8 nitrogen and oxygen atoms in total. The number of carbonyl (C=O) groups excluding carboxylic acids is 3. The minimum absolute atomic E-state index is 0.0105. The Hall–Kier alpha value is -2.87. The Bertz CT molecular complexity index is 990. The van der Waals surface area contributed by atoms with Gasteiger partial charge in [0.2, 0.25) is 11.8 Å². The molecule has 0 unspecified atom stereocenters. The fraction of sp³-hybridized carbons (Fsp3) is 0.400. The van der Waals surface area contributed by atoms with Crippen LogP contribution in [0.5, 0.6) is 0 Å². The van der Waals surface area contributed by atoms with Gasteiger partial charge in [0.1, 0.15) is 6.54 Å². The second-order valence-corrected chi connectivity index (χ2v) is 8.11. The van der Waals surface area contributed by atoms with Crippen molar-refractivity contribution in [1.29, 1.82) is 0 Å². The Morgan fingerprint density at radius 1 is 1.24 bits per heavy atom. The van der Waals surface area contributed by atoms with Crippen LogP contribution in [-0.4, -0.2) is 69.0 Å². The van der Waals surface area contributed by atoms with Crippen LogP contribution in [0, 0.1) is 0 Å². The van der Waals surface area contributed by atoms with Gasteiger partial charge in [-0.05, 0) is 24.6 Å². The number of halogens is 1. The van der Waals surface area contributed by atoms with Gasteiger partial charge in [0.25, 0.3) is 5.91 Å². The first-order chi connectivity index (χ1) is 13.8. The summed E-state index contributed by atoms with van der Waals surface area (Å²) in [6, 6.07) is 6.84. The predicted octanol–water partition coefficient (Wildman–Crippen LogP) is 1.55. The monoisotopic (exact) mass is 415 g/mol. The standard InChI is InChI=1S/C20H22ClN5O3/c1-14(27)26-11-18(28)25(17-9-22-23(2)10-17)13-20(26)6-7-24(12-20)19(29)15-4-3-5-16(21)8-15/h3-5,8-10H,6-7,11-13H2,1-2H3/t20-/m1/s1. The number of hydrogen-bond acceptors (Lipinski definition) is 4. The van der Waals surface area contributed by atoms with Crippen LogP contribution in [0.15, 0.2) is 36.7 Å². The molecule has 0 radical (unpaired) electrons. The third-order valence-electron chi connectivity index (χ3n) is 5.69. The van der Waals surface area contributed by atoms with Gasteiger partial charge in [0, 0.05) is 43.8 Å². The number of nitrogens with zero attached hydrogens (tertiary/aromatic N) is 5. The van der Waals surface area contributed by atoms with Gasteiger partial charge >= 0.3 is 0 Å². The lowest BCUT2D eigenvalue weighted by molar-refractivity contribution is -0.142. The highest BCUT2D eigenvalue weighted by Gasteiger charge is 2.51. The number of aromatic nitrogens is 2. The summed E-state index contributed by atoms with van der Waals surface area (Å²) in [5.41, 5.74) is 0.587. The van der Waals surface area contributed by atoms with Gasteiger partial charge < -0.3 is 14.7 Å². The van der Waals surface area contributed by atoms with Gasteiger partial charge in [-0.15, -0.1) is 0 Å². The number of carbonyl (C=O) groups is 3. The second-order valence-electron chi connectivity index (χ2n) is 7.67. The molecule has 2 aliphatic heterocycles. The molecule has 0 bridgehead atoms. The molecule has 0 N–H and O–H groups in total. The van der Waals surface area contributed by atoms with Crippen LogP contribution in [0.2, 0.25) is 5.02 Å². The van der Waals surface area contributed by atoms with E-state index in [0.29, 0.717) is 42.3 Å². The van der Waals surface area contributed by atoms with Gasteiger partial charge in [-0.25, -0.2) is 0 Å². The predicted molar refractivity (Wildman–Crippen MR) is 108 cm³/mol. The van der Waals surface area contributed by atoms with Crippen LogP contribution in [0.3, 0.4) is 0 Å². The van der Waals surface area contributed by atoms with Gasteiger partial charge in [-0.2, -0.15) is 5.10 Å². The van der Waals surface area contributed by atoms with Crippen molar-refractivity contribution in [1.82, 2.24) is 19.6 Å². The van der Waals surface area contributed by atoms with E-state index >= 15 is 0 Å². The smallest absolute Gasteiger partial charge is 0.253 e. The number of benzene rings is 1. The maximum atomic E-state index is 13.0. The SMILES string of the molecule is CC(=O)N1CC(=O)N(c2cnn(C)c2)C[C@]12CCN(C(=O)c1cccc(Cl)c1)C2. The van der Waals surface area contributed by atoms with E-state index in [0.717, 1.165) is 0 Å². The Morgan fingerprint density at radius 3 is 2.69 bits per heavy atom. The molecule has 3 amide bonds. The Morgan fingerprint density at radius 2 is 2.03 bits per heavy atom. The van der Waals surface area contributed by atoms with Crippen LogP contribution in [-0.2, 0) is 16.6 Å². The lowest BCUT2D eigenvalue weighted by Crippen LogP contribution is -2.67. The third kappa shape index (κ3) is 3.48. The van der Waals surface area contributed by atoms with Crippen molar-refractivity contribution in [3.05, 3.63) is 47.2 Å². The maximum Gasteiger partial charge on any atom is 0.253 e. The summed E-state index contributed by atoms with van der Waals surface area (Å²) in [5.74, 6) is -0.447. The van der Waals surface area contributed by atoms with E-state index < -0.39 is 5.54 Å². The third-order valence-corrected chi connectivity index (χ3v) is 5.93. The molecule has 1 atom stereocenters. The van der Waals surface area contributed by atoms with E-state index in [9.17, 15) is 14.4 Å². The summed E-state index contributed by atoms with van der Waals surface area (Å²) >= 11 is 6.03. The van der Waals surface area contributed by atoms with Crippen molar-refractivity contribution >= 4 is 35.0 Å². The van der Waals surface area contributed by atoms with E-state index in [2.05, 4.69) is 5.10 Å². The van der Waals surface area contributed by atoms with E-state index in [1.807, 2.05) is 0 Å². The van der Waals surface area contributed by atoms with E-state index in [4.69, 9.17) is 11.6 Å². The molecule has 29 heavy (non-hydrogen) atoms. The zero-order chi connectivity index (χ0) is 20.8. The molecule has 1 aromatic carbocycles. The number of anilines is 1. The van der Waals surface area contributed by atoms with Gasteiger partial charge in [-0.3, -0.25) is 19.1 Å². The molecule has 2 saturated heterocycles. The average Bonchev–Trinajstić information content (AvgIpc) is 3.30. The number of rotatable bonds is 2. The van der Waals surface area contributed by atoms with Crippen molar-refractivity contribution in [2.45, 2.75) is 18.9 Å². The normalized spacial score (nSPS) is 21.9. The van der Waals surface area contributed by atoms with Crippen LogP contribution in [0.1, 0.15) is 23.7 Å². The summed E-state index contributed by atoms with van der Waals surface area (Å²) in [6.45, 7) is 2.65. The van der Waals surface area contributed by atoms with Gasteiger partial charge in [-0.1, -0.05) is 17.7 Å². The fourth-order valence-corrected chi connectivity index (χ4v) is 4.46. The van der Waals surface area contributed by atoms with Crippen molar-refractivity contribution in [3.8, 4) is 0 Å². The zero-order valence-electron chi connectivity index (χ0n) is 16.3. The fourth-order valence-electron chi connectivity index (χ4n) is 4.27. The van der Waals surface area contributed by atoms with E-state index in [1.165, 1.54) is 6.92 Å². The van der Waals surface area contributed by atoms with Gasteiger partial charge in [0.05, 0.1) is 24.0 Å². The molecule has 2 aliphatic rings. The van der Waals surface area contributed by atoms with Crippen LogP contribution < -0.4 is 4.90 Å². The molecule has 2 fully saturated rings. The highest BCUT2D eigenvalue weighted by molar-refractivity contribution is 6.30. The summed E-state index contributed by atoms with van der Waals surface area (Å²) in [7, 11) is 1.79. The van der Waals surface area contributed by atoms with Crippen molar-refractivity contribution in [3.63, 3.8) is 0 Å². The Balaban J connectivity index is 1.62. The summed E-state index contributed by atoms with van der Waals surface area (Å²) in [4.78, 5) is 43.1.